The highest BCUT2D eigenvalue weighted by Crippen LogP contribution is 2.16. The van der Waals surface area contributed by atoms with E-state index in [2.05, 4.69) is 13.8 Å². The van der Waals surface area contributed by atoms with E-state index in [4.69, 9.17) is 15.2 Å². The highest BCUT2D eigenvalue weighted by Gasteiger charge is 2.12. The van der Waals surface area contributed by atoms with Crippen molar-refractivity contribution in [1.82, 2.24) is 0 Å². The number of ether oxygens (including phenoxy) is 2. The van der Waals surface area contributed by atoms with E-state index < -0.39 is 17.7 Å². The third-order valence-electron chi connectivity index (χ3n) is 2.48. The van der Waals surface area contributed by atoms with Crippen LogP contribution in [-0.4, -0.2) is 26.4 Å². The van der Waals surface area contributed by atoms with E-state index in [-0.39, 0.29) is 12.2 Å². The Morgan fingerprint density at radius 2 is 1.74 bits per heavy atom. The van der Waals surface area contributed by atoms with Gasteiger partial charge in [-0.1, -0.05) is 19.9 Å². The summed E-state index contributed by atoms with van der Waals surface area (Å²) in [7, 11) is 0. The monoisotopic (exact) mass is 273 g/mol. The van der Waals surface area contributed by atoms with E-state index in [1.54, 1.807) is 0 Å². The van der Waals surface area contributed by atoms with Crippen LogP contribution in [0.4, 0.5) is 8.78 Å². The van der Waals surface area contributed by atoms with Gasteiger partial charge in [-0.25, -0.2) is 8.78 Å². The molecule has 0 aliphatic carbocycles. The molecule has 5 heteroatoms. The summed E-state index contributed by atoms with van der Waals surface area (Å²) in [6.45, 7) is 5.87. The van der Waals surface area contributed by atoms with Crippen molar-refractivity contribution >= 4 is 0 Å². The van der Waals surface area contributed by atoms with Crippen LogP contribution in [0.2, 0.25) is 0 Å². The lowest BCUT2D eigenvalue weighted by Crippen LogP contribution is -2.20. The number of rotatable bonds is 8. The second-order valence-corrected chi connectivity index (χ2v) is 4.82. The predicted molar refractivity (Wildman–Crippen MR) is 69.8 cm³/mol. The Labute approximate surface area is 112 Å². The molecule has 0 saturated heterocycles. The van der Waals surface area contributed by atoms with Crippen molar-refractivity contribution in [2.75, 3.05) is 26.4 Å². The molecule has 0 aliphatic heterocycles. The predicted octanol–water partition coefficient (Wildman–Crippen LogP) is 2.65. The van der Waals surface area contributed by atoms with Crippen LogP contribution in [0.3, 0.4) is 0 Å². The first-order chi connectivity index (χ1) is 9.00. The molecule has 0 aliphatic rings. The number of hydrogen-bond acceptors (Lipinski definition) is 3. The zero-order chi connectivity index (χ0) is 14.3. The van der Waals surface area contributed by atoms with Gasteiger partial charge >= 0.3 is 0 Å². The molecular weight excluding hydrogens is 252 g/mol. The van der Waals surface area contributed by atoms with E-state index in [1.807, 2.05) is 0 Å². The van der Waals surface area contributed by atoms with Crippen molar-refractivity contribution in [2.24, 2.45) is 11.7 Å². The van der Waals surface area contributed by atoms with Gasteiger partial charge in [-0.3, -0.25) is 0 Å². The van der Waals surface area contributed by atoms with E-state index in [9.17, 15) is 8.78 Å². The van der Waals surface area contributed by atoms with E-state index in [0.717, 1.165) is 6.07 Å². The SMILES string of the molecule is CC(C)COCCOCC(N)c1ccc(F)cc1F. The van der Waals surface area contributed by atoms with Gasteiger partial charge in [0.2, 0.25) is 0 Å². The first kappa shape index (κ1) is 16.0. The Morgan fingerprint density at radius 1 is 1.11 bits per heavy atom. The molecule has 2 N–H and O–H groups in total. The molecule has 1 atom stereocenters. The smallest absolute Gasteiger partial charge is 0.130 e. The molecule has 3 nitrogen and oxygen atoms in total. The topological polar surface area (TPSA) is 44.5 Å². The maximum Gasteiger partial charge on any atom is 0.130 e. The minimum Gasteiger partial charge on any atom is -0.379 e. The van der Waals surface area contributed by atoms with Crippen molar-refractivity contribution in [1.29, 1.82) is 0 Å². The van der Waals surface area contributed by atoms with Crippen molar-refractivity contribution in [3.05, 3.63) is 35.4 Å². The summed E-state index contributed by atoms with van der Waals surface area (Å²) < 4.78 is 36.8. The lowest BCUT2D eigenvalue weighted by atomic mass is 10.1. The quantitative estimate of drug-likeness (QED) is 0.741. The first-order valence-electron chi connectivity index (χ1n) is 6.36. The molecule has 0 bridgehead atoms. The fourth-order valence-corrected chi connectivity index (χ4v) is 1.54. The molecule has 0 spiro atoms. The molecule has 0 radical (unpaired) electrons. The van der Waals surface area contributed by atoms with Gasteiger partial charge in [0.1, 0.15) is 11.6 Å². The molecule has 1 unspecified atom stereocenters. The maximum atomic E-state index is 13.4. The molecule has 0 aromatic heterocycles. The normalized spacial score (nSPS) is 12.9. The van der Waals surface area contributed by atoms with Gasteiger partial charge in [-0.05, 0) is 12.0 Å². The lowest BCUT2D eigenvalue weighted by Gasteiger charge is -2.14. The van der Waals surface area contributed by atoms with Crippen LogP contribution < -0.4 is 5.73 Å². The van der Waals surface area contributed by atoms with Crippen LogP contribution in [0.5, 0.6) is 0 Å². The summed E-state index contributed by atoms with van der Waals surface area (Å²) in [6.07, 6.45) is 0. The summed E-state index contributed by atoms with van der Waals surface area (Å²) >= 11 is 0. The van der Waals surface area contributed by atoms with Crippen LogP contribution in [-0.2, 0) is 9.47 Å². The molecule has 108 valence electrons. The van der Waals surface area contributed by atoms with Gasteiger partial charge in [-0.2, -0.15) is 0 Å². The molecule has 0 saturated carbocycles. The lowest BCUT2D eigenvalue weighted by molar-refractivity contribution is 0.0331. The highest BCUT2D eigenvalue weighted by atomic mass is 19.1. The Hall–Kier alpha value is -1.04. The molecule has 0 heterocycles. The van der Waals surface area contributed by atoms with Gasteiger partial charge in [0.15, 0.2) is 0 Å². The molecular formula is C14H21F2NO2. The van der Waals surface area contributed by atoms with Crippen LogP contribution in [0.15, 0.2) is 18.2 Å². The highest BCUT2D eigenvalue weighted by molar-refractivity contribution is 5.21. The van der Waals surface area contributed by atoms with Crippen LogP contribution >= 0.6 is 0 Å². The number of halogens is 2. The van der Waals surface area contributed by atoms with Crippen molar-refractivity contribution in [3.8, 4) is 0 Å². The number of nitrogens with two attached hydrogens (primary N) is 1. The van der Waals surface area contributed by atoms with E-state index in [0.29, 0.717) is 25.7 Å². The maximum absolute atomic E-state index is 13.4. The van der Waals surface area contributed by atoms with E-state index in [1.165, 1.54) is 12.1 Å². The molecule has 1 aromatic carbocycles. The molecule has 1 aromatic rings. The third-order valence-corrected chi connectivity index (χ3v) is 2.48. The van der Waals surface area contributed by atoms with Crippen LogP contribution in [0.1, 0.15) is 25.5 Å². The average molecular weight is 273 g/mol. The third kappa shape index (κ3) is 6.09. The van der Waals surface area contributed by atoms with Crippen molar-refractivity contribution < 1.29 is 18.3 Å². The van der Waals surface area contributed by atoms with Crippen LogP contribution in [0, 0.1) is 17.6 Å². The summed E-state index contributed by atoms with van der Waals surface area (Å²) in [5, 5.41) is 0. The largest absolute Gasteiger partial charge is 0.379 e. The molecule has 0 amide bonds. The Balaban J connectivity index is 2.25. The zero-order valence-electron chi connectivity index (χ0n) is 11.4. The Kier molecular flexibility index (Phi) is 6.91. The van der Waals surface area contributed by atoms with Gasteiger partial charge in [0.05, 0.1) is 25.9 Å². The summed E-state index contributed by atoms with van der Waals surface area (Å²) in [5.74, 6) is -0.779. The zero-order valence-corrected chi connectivity index (χ0v) is 11.4. The van der Waals surface area contributed by atoms with Gasteiger partial charge in [-0.15, -0.1) is 0 Å². The second-order valence-electron chi connectivity index (χ2n) is 4.82. The minimum absolute atomic E-state index is 0.174. The fourth-order valence-electron chi connectivity index (χ4n) is 1.54. The average Bonchev–Trinajstić information content (AvgIpc) is 2.32. The standard InChI is InChI=1S/C14H21F2NO2/c1-10(2)8-18-5-6-19-9-14(17)12-4-3-11(15)7-13(12)16/h3-4,7,10,14H,5-6,8-9,17H2,1-2H3. The minimum atomic E-state index is -0.646. The van der Waals surface area contributed by atoms with Gasteiger partial charge in [0, 0.05) is 18.2 Å². The second kappa shape index (κ2) is 8.19. The number of benzene rings is 1. The van der Waals surface area contributed by atoms with Crippen molar-refractivity contribution in [3.63, 3.8) is 0 Å². The van der Waals surface area contributed by atoms with Gasteiger partial charge < -0.3 is 15.2 Å². The molecule has 0 fully saturated rings. The fraction of sp³-hybridized carbons (Fsp3) is 0.571. The van der Waals surface area contributed by atoms with E-state index >= 15 is 0 Å². The van der Waals surface area contributed by atoms with Crippen molar-refractivity contribution in [2.45, 2.75) is 19.9 Å². The summed E-state index contributed by atoms with van der Waals surface area (Å²) in [6, 6.07) is 2.74. The Morgan fingerprint density at radius 3 is 2.32 bits per heavy atom. The first-order valence-corrected chi connectivity index (χ1v) is 6.36. The number of hydrogen-bond donors (Lipinski definition) is 1. The Bertz CT molecular complexity index is 386. The molecule has 19 heavy (non-hydrogen) atoms. The molecule has 1 rings (SSSR count). The summed E-state index contributed by atoms with van der Waals surface area (Å²) in [4.78, 5) is 0. The van der Waals surface area contributed by atoms with Crippen LogP contribution in [0.25, 0.3) is 0 Å². The van der Waals surface area contributed by atoms with Gasteiger partial charge in [0.25, 0.3) is 0 Å². The summed E-state index contributed by atoms with van der Waals surface area (Å²) in [5.41, 5.74) is 6.03.